The summed E-state index contributed by atoms with van der Waals surface area (Å²) in [5, 5.41) is 0.872. The van der Waals surface area contributed by atoms with Gasteiger partial charge in [0, 0.05) is 0 Å². The number of aldehydes is 1. The van der Waals surface area contributed by atoms with E-state index in [0.29, 0.717) is 6.29 Å². The van der Waals surface area contributed by atoms with Gasteiger partial charge in [-0.25, -0.2) is 20.0 Å². The lowest BCUT2D eigenvalue weighted by Gasteiger charge is -2.33. The zero-order valence-electron chi connectivity index (χ0n) is 14.7. The zero-order valence-corrected chi connectivity index (χ0v) is 14.7. The Morgan fingerprint density at radius 3 is 1.77 bits per heavy atom. The molecule has 0 aliphatic rings. The number of amides is 2. The van der Waals surface area contributed by atoms with E-state index in [1.54, 1.807) is 55.4 Å². The second-order valence-electron chi connectivity index (χ2n) is 7.33. The number of nitrogens with zero attached hydrogens (tertiary/aromatic N) is 1. The Labute approximate surface area is 132 Å². The van der Waals surface area contributed by atoms with E-state index in [-0.39, 0.29) is 5.92 Å². The van der Waals surface area contributed by atoms with E-state index < -0.39 is 29.4 Å². The molecule has 0 aromatic heterocycles. The average molecular weight is 316 g/mol. The maximum absolute atomic E-state index is 12.2. The molecule has 0 aliphatic heterocycles. The summed E-state index contributed by atoms with van der Waals surface area (Å²) in [5.41, 5.74) is 0.816. The molecule has 0 heterocycles. The monoisotopic (exact) mass is 316 g/mol. The van der Waals surface area contributed by atoms with Crippen molar-refractivity contribution in [2.24, 2.45) is 5.92 Å². The number of hydrogen-bond acceptors (Lipinski definition) is 5. The van der Waals surface area contributed by atoms with Crippen molar-refractivity contribution in [1.29, 1.82) is 0 Å². The van der Waals surface area contributed by atoms with E-state index >= 15 is 0 Å². The third-order valence-electron chi connectivity index (χ3n) is 2.32. The minimum absolute atomic E-state index is 0.208. The zero-order chi connectivity index (χ0) is 17.7. The maximum Gasteiger partial charge on any atom is 0.429 e. The Kier molecular flexibility index (Phi) is 6.86. The van der Waals surface area contributed by atoms with Crippen molar-refractivity contribution < 1.29 is 23.9 Å². The summed E-state index contributed by atoms with van der Waals surface area (Å²) in [6.45, 7) is 13.7. The SMILES string of the molecule is CC(C)[C@H](C=O)N(NC(=O)OC(C)(C)C)C(=O)OC(C)(C)C. The molecular formula is C15H28N2O5. The normalized spacial score (nSPS) is 13.3. The second kappa shape index (κ2) is 7.47. The summed E-state index contributed by atoms with van der Waals surface area (Å²) >= 11 is 0. The molecule has 22 heavy (non-hydrogen) atoms. The molecule has 1 atom stereocenters. The van der Waals surface area contributed by atoms with Crippen molar-refractivity contribution in [3.63, 3.8) is 0 Å². The largest absolute Gasteiger partial charge is 0.443 e. The molecule has 0 aromatic rings. The fraction of sp³-hybridized carbons (Fsp3) is 0.800. The molecule has 7 heteroatoms. The van der Waals surface area contributed by atoms with Gasteiger partial charge in [-0.2, -0.15) is 0 Å². The Balaban J connectivity index is 5.21. The van der Waals surface area contributed by atoms with Crippen LogP contribution in [0.5, 0.6) is 0 Å². The summed E-state index contributed by atoms with van der Waals surface area (Å²) in [5.74, 6) is -0.208. The third kappa shape index (κ3) is 7.85. The molecule has 0 aromatic carbocycles. The predicted molar refractivity (Wildman–Crippen MR) is 82.1 cm³/mol. The van der Waals surface area contributed by atoms with Crippen LogP contribution in [0.25, 0.3) is 0 Å². The van der Waals surface area contributed by atoms with E-state index in [0.717, 1.165) is 5.01 Å². The molecule has 0 spiro atoms. The topological polar surface area (TPSA) is 84.9 Å². The molecule has 2 amide bonds. The van der Waals surface area contributed by atoms with Crippen molar-refractivity contribution in [1.82, 2.24) is 10.4 Å². The van der Waals surface area contributed by atoms with E-state index in [2.05, 4.69) is 5.43 Å². The van der Waals surface area contributed by atoms with Gasteiger partial charge in [0.15, 0.2) is 0 Å². The summed E-state index contributed by atoms with van der Waals surface area (Å²) < 4.78 is 10.3. The first-order chi connectivity index (χ1) is 9.76. The number of hydrazine groups is 1. The van der Waals surface area contributed by atoms with Gasteiger partial charge in [0.25, 0.3) is 0 Å². The molecule has 0 saturated heterocycles. The van der Waals surface area contributed by atoms with Gasteiger partial charge in [-0.15, -0.1) is 0 Å². The van der Waals surface area contributed by atoms with Crippen LogP contribution in [0.2, 0.25) is 0 Å². The highest BCUT2D eigenvalue weighted by atomic mass is 16.6. The van der Waals surface area contributed by atoms with Gasteiger partial charge in [-0.05, 0) is 47.5 Å². The smallest absolute Gasteiger partial charge is 0.429 e. The lowest BCUT2D eigenvalue weighted by atomic mass is 10.1. The van der Waals surface area contributed by atoms with Gasteiger partial charge in [0.1, 0.15) is 23.5 Å². The summed E-state index contributed by atoms with van der Waals surface area (Å²) in [7, 11) is 0. The Morgan fingerprint density at radius 1 is 1.00 bits per heavy atom. The standard InChI is InChI=1S/C15H28N2O5/c1-10(2)11(9-18)17(13(20)22-15(6,7)8)16-12(19)21-14(3,4)5/h9-11H,1-8H3,(H,16,19)/t11-/m0/s1. The predicted octanol–water partition coefficient (Wildman–Crippen LogP) is 2.89. The molecule has 128 valence electrons. The van der Waals surface area contributed by atoms with Crippen LogP contribution in [0.15, 0.2) is 0 Å². The summed E-state index contributed by atoms with van der Waals surface area (Å²) in [6, 6.07) is -0.859. The van der Waals surface area contributed by atoms with Gasteiger partial charge in [0.2, 0.25) is 0 Å². The van der Waals surface area contributed by atoms with Crippen LogP contribution in [-0.4, -0.2) is 40.7 Å². The highest BCUT2D eigenvalue weighted by Crippen LogP contribution is 2.14. The number of ether oxygens (including phenoxy) is 2. The third-order valence-corrected chi connectivity index (χ3v) is 2.32. The van der Waals surface area contributed by atoms with Crippen LogP contribution in [0.3, 0.4) is 0 Å². The number of carbonyl (C=O) groups is 3. The second-order valence-corrected chi connectivity index (χ2v) is 7.33. The molecule has 1 N–H and O–H groups in total. The molecule has 0 bridgehead atoms. The van der Waals surface area contributed by atoms with Crippen LogP contribution >= 0.6 is 0 Å². The minimum atomic E-state index is -0.859. The Morgan fingerprint density at radius 2 is 1.45 bits per heavy atom. The van der Waals surface area contributed by atoms with Gasteiger partial charge >= 0.3 is 12.2 Å². The van der Waals surface area contributed by atoms with Crippen molar-refractivity contribution in [2.75, 3.05) is 0 Å². The highest BCUT2D eigenvalue weighted by molar-refractivity contribution is 5.78. The van der Waals surface area contributed by atoms with Crippen LogP contribution in [-0.2, 0) is 14.3 Å². The van der Waals surface area contributed by atoms with Gasteiger partial charge in [0.05, 0.1) is 0 Å². The van der Waals surface area contributed by atoms with Crippen LogP contribution < -0.4 is 5.43 Å². The summed E-state index contributed by atoms with van der Waals surface area (Å²) in [4.78, 5) is 35.4. The highest BCUT2D eigenvalue weighted by Gasteiger charge is 2.32. The number of nitrogens with one attached hydrogen (secondary N) is 1. The number of rotatable bonds is 3. The first-order valence-corrected chi connectivity index (χ1v) is 7.24. The minimum Gasteiger partial charge on any atom is -0.443 e. The quantitative estimate of drug-likeness (QED) is 0.639. The first-order valence-electron chi connectivity index (χ1n) is 7.24. The van der Waals surface area contributed by atoms with Gasteiger partial charge in [-0.3, -0.25) is 0 Å². The molecule has 0 fully saturated rings. The molecule has 0 saturated carbocycles. The fourth-order valence-corrected chi connectivity index (χ4v) is 1.47. The molecular weight excluding hydrogens is 288 g/mol. The molecule has 0 aliphatic carbocycles. The average Bonchev–Trinajstić information content (AvgIpc) is 2.22. The molecule has 0 rings (SSSR count). The van der Waals surface area contributed by atoms with Crippen LogP contribution in [0.1, 0.15) is 55.4 Å². The maximum atomic E-state index is 12.2. The summed E-state index contributed by atoms with van der Waals surface area (Å²) in [6.07, 6.45) is -1.05. The van der Waals surface area contributed by atoms with E-state index in [1.807, 2.05) is 0 Å². The van der Waals surface area contributed by atoms with Crippen molar-refractivity contribution >= 4 is 18.5 Å². The van der Waals surface area contributed by atoms with Gasteiger partial charge in [-0.1, -0.05) is 13.8 Å². The number of hydrogen-bond donors (Lipinski definition) is 1. The van der Waals surface area contributed by atoms with E-state index in [9.17, 15) is 14.4 Å². The Bertz CT molecular complexity index is 407. The first kappa shape index (κ1) is 20.2. The molecule has 7 nitrogen and oxygen atoms in total. The van der Waals surface area contributed by atoms with Crippen molar-refractivity contribution in [3.05, 3.63) is 0 Å². The molecule has 0 unspecified atom stereocenters. The fourth-order valence-electron chi connectivity index (χ4n) is 1.47. The van der Waals surface area contributed by atoms with Crippen LogP contribution in [0, 0.1) is 5.92 Å². The lowest BCUT2D eigenvalue weighted by Crippen LogP contribution is -2.56. The van der Waals surface area contributed by atoms with E-state index in [1.165, 1.54) is 0 Å². The lowest BCUT2D eigenvalue weighted by molar-refractivity contribution is -0.115. The number of carbonyl (C=O) groups excluding carboxylic acids is 3. The van der Waals surface area contributed by atoms with Crippen LogP contribution in [0.4, 0.5) is 9.59 Å². The molecule has 0 radical (unpaired) electrons. The van der Waals surface area contributed by atoms with Crippen molar-refractivity contribution in [2.45, 2.75) is 72.6 Å². The van der Waals surface area contributed by atoms with Gasteiger partial charge < -0.3 is 14.3 Å². The van der Waals surface area contributed by atoms with Crippen molar-refractivity contribution in [3.8, 4) is 0 Å². The van der Waals surface area contributed by atoms with E-state index in [4.69, 9.17) is 9.47 Å². The Hall–Kier alpha value is -1.79.